The molecule has 0 aliphatic carbocycles. The van der Waals surface area contributed by atoms with Crippen LogP contribution in [0.1, 0.15) is 129 Å². The topological polar surface area (TPSA) is 114 Å². The summed E-state index contributed by atoms with van der Waals surface area (Å²) in [5.41, 5.74) is 3.09. The summed E-state index contributed by atoms with van der Waals surface area (Å²) in [6.45, 7) is 20.7. The highest BCUT2D eigenvalue weighted by molar-refractivity contribution is 5.94. The van der Waals surface area contributed by atoms with Crippen LogP contribution in [0.25, 0.3) is 21.8 Å². The van der Waals surface area contributed by atoms with Gasteiger partial charge in [-0.2, -0.15) is 9.97 Å². The Hall–Kier alpha value is -5.40. The molecule has 0 bridgehead atoms. The highest BCUT2D eigenvalue weighted by Gasteiger charge is 2.37. The molecule has 18 heteroatoms. The Morgan fingerprint density at radius 1 is 0.526 bits per heavy atom. The molecule has 8 heterocycles. The van der Waals surface area contributed by atoms with Gasteiger partial charge >= 0.3 is 0 Å². The molecule has 0 spiro atoms. The van der Waals surface area contributed by atoms with E-state index in [1.54, 1.807) is 14.2 Å². The molecule has 10 rings (SSSR count). The average molecular weight is 1080 g/mol. The van der Waals surface area contributed by atoms with Crippen LogP contribution >= 0.6 is 0 Å². The van der Waals surface area contributed by atoms with E-state index in [1.807, 2.05) is 34.1 Å². The van der Waals surface area contributed by atoms with Gasteiger partial charge in [-0.05, 0) is 130 Å². The summed E-state index contributed by atoms with van der Waals surface area (Å²) in [7, 11) is 3.32. The van der Waals surface area contributed by atoms with Gasteiger partial charge in [-0.25, -0.2) is 27.5 Å². The van der Waals surface area contributed by atoms with Crippen molar-refractivity contribution in [2.75, 3.05) is 126 Å². The van der Waals surface area contributed by atoms with Crippen LogP contribution in [0.15, 0.2) is 24.3 Å². The predicted molar refractivity (Wildman–Crippen MR) is 306 cm³/mol. The highest BCUT2D eigenvalue weighted by atomic mass is 19.3. The summed E-state index contributed by atoms with van der Waals surface area (Å²) in [6.07, 6.45) is 10.1. The summed E-state index contributed by atoms with van der Waals surface area (Å²) in [4.78, 5) is 33.2. The minimum atomic E-state index is -2.62. The number of anilines is 4. The lowest BCUT2D eigenvalue weighted by Crippen LogP contribution is -2.42. The molecular formula is C60H84F4N12O2. The number of piperidine rings is 4. The number of alkyl halides is 4. The second-order valence-electron chi connectivity index (χ2n) is 22.9. The smallest absolute Gasteiger partial charge is 0.251 e. The SMILES string of the molecule is COc1cc2c(NC3CCN(C(C)C)CC3)nc(N3CCC(F)(F)CC3)nc2cc1C#CCCN1CCCC1.COc1cc2c(NC3CCN(C(C)C)CC3)nc(N3CCC(F)(F)CC3)nc2cc1C#CCCN1CCCC1. The number of benzene rings is 2. The third-order valence-corrected chi connectivity index (χ3v) is 16.7. The molecule has 424 valence electrons. The maximum atomic E-state index is 13.9. The number of nitrogens with one attached hydrogen (secondary N) is 2. The molecule has 4 aromatic rings. The summed E-state index contributed by atoms with van der Waals surface area (Å²) < 4.78 is 67.0. The number of likely N-dealkylation sites (tertiary alicyclic amines) is 4. The summed E-state index contributed by atoms with van der Waals surface area (Å²) >= 11 is 0. The van der Waals surface area contributed by atoms with Crippen LogP contribution in [-0.2, 0) is 0 Å². The Balaban J connectivity index is 0.000000190. The quantitative estimate of drug-likeness (QED) is 0.0923. The van der Waals surface area contributed by atoms with Crippen LogP contribution in [0.2, 0.25) is 0 Å². The van der Waals surface area contributed by atoms with Crippen LogP contribution in [0.4, 0.5) is 41.1 Å². The summed E-state index contributed by atoms with van der Waals surface area (Å²) in [5.74, 6) is 11.9. The number of hydrogen-bond donors (Lipinski definition) is 2. The van der Waals surface area contributed by atoms with Crippen molar-refractivity contribution in [2.24, 2.45) is 0 Å². The van der Waals surface area contributed by atoms with Gasteiger partial charge in [0.05, 0.1) is 36.4 Å². The van der Waals surface area contributed by atoms with Crippen molar-refractivity contribution in [3.05, 3.63) is 35.4 Å². The first-order valence-corrected chi connectivity index (χ1v) is 29.1. The molecule has 0 atom stereocenters. The molecule has 2 aromatic carbocycles. The fraction of sp³-hybridized carbons (Fsp3) is 0.667. The fourth-order valence-corrected chi connectivity index (χ4v) is 11.7. The van der Waals surface area contributed by atoms with Crippen LogP contribution < -0.4 is 29.9 Å². The number of rotatable bonds is 14. The summed E-state index contributed by atoms with van der Waals surface area (Å²) in [5, 5.41) is 9.10. The van der Waals surface area contributed by atoms with Crippen molar-refractivity contribution in [1.29, 1.82) is 0 Å². The lowest BCUT2D eigenvalue weighted by molar-refractivity contribution is -0.0228. The average Bonchev–Trinajstić information content (AvgIpc) is 4.21. The molecule has 2 aromatic heterocycles. The van der Waals surface area contributed by atoms with Gasteiger partial charge in [-0.15, -0.1) is 0 Å². The molecule has 2 N–H and O–H groups in total. The van der Waals surface area contributed by atoms with Crippen molar-refractivity contribution in [3.63, 3.8) is 0 Å². The van der Waals surface area contributed by atoms with Gasteiger partial charge in [0.2, 0.25) is 11.9 Å². The van der Waals surface area contributed by atoms with Gasteiger partial charge in [-0.1, -0.05) is 23.7 Å². The number of methoxy groups -OCH3 is 2. The number of ether oxygens (including phenoxy) is 2. The van der Waals surface area contributed by atoms with Crippen molar-refractivity contribution in [1.82, 2.24) is 39.5 Å². The fourth-order valence-electron chi connectivity index (χ4n) is 11.7. The standard InChI is InChI=1S/2C30H42F2N6O/c2*1-22(2)37-16-9-24(10-17-37)33-28-25-21-27(39-3)23(8-4-5-13-36-14-6-7-15-36)20-26(25)34-29(35-28)38-18-11-30(31,32)12-19-38/h2*20-22,24H,5-7,9-19H2,1-3H3,(H,33,34,35). The zero-order chi connectivity index (χ0) is 54.8. The Morgan fingerprint density at radius 3 is 1.22 bits per heavy atom. The van der Waals surface area contributed by atoms with Gasteiger partial charge < -0.3 is 49.5 Å². The van der Waals surface area contributed by atoms with E-state index in [9.17, 15) is 17.6 Å². The van der Waals surface area contributed by atoms with Crippen LogP contribution in [0.5, 0.6) is 11.5 Å². The Bertz CT molecular complexity index is 2560. The van der Waals surface area contributed by atoms with Crippen molar-refractivity contribution in [3.8, 4) is 35.2 Å². The van der Waals surface area contributed by atoms with E-state index in [4.69, 9.17) is 29.4 Å². The lowest BCUT2D eigenvalue weighted by Gasteiger charge is -2.35. The van der Waals surface area contributed by atoms with E-state index in [0.717, 1.165) is 149 Å². The number of halogens is 4. The molecule has 78 heavy (non-hydrogen) atoms. The van der Waals surface area contributed by atoms with Crippen LogP contribution in [0.3, 0.4) is 0 Å². The normalized spacial score (nSPS) is 20.8. The van der Waals surface area contributed by atoms with Crippen molar-refractivity contribution >= 4 is 45.3 Å². The van der Waals surface area contributed by atoms with E-state index in [1.165, 1.54) is 25.7 Å². The minimum Gasteiger partial charge on any atom is -0.495 e. The number of fused-ring (bicyclic) bond motifs is 2. The molecule has 0 radical (unpaired) electrons. The third-order valence-electron chi connectivity index (χ3n) is 16.7. The largest absolute Gasteiger partial charge is 0.495 e. The molecule has 14 nitrogen and oxygen atoms in total. The third kappa shape index (κ3) is 15.1. The maximum Gasteiger partial charge on any atom is 0.251 e. The lowest BCUT2D eigenvalue weighted by atomic mass is 10.0. The number of aromatic nitrogens is 4. The molecule has 0 saturated carbocycles. The van der Waals surface area contributed by atoms with E-state index in [0.29, 0.717) is 35.5 Å². The van der Waals surface area contributed by atoms with Gasteiger partial charge in [0.25, 0.3) is 11.8 Å². The van der Waals surface area contributed by atoms with Crippen LogP contribution in [-0.4, -0.2) is 181 Å². The zero-order valence-electron chi connectivity index (χ0n) is 47.2. The first kappa shape index (κ1) is 57.3. The first-order chi connectivity index (χ1) is 37.6. The van der Waals surface area contributed by atoms with Crippen LogP contribution in [0, 0.1) is 23.7 Å². The molecular weight excluding hydrogens is 997 g/mol. The minimum absolute atomic E-state index is 0.179. The number of nitrogens with zero attached hydrogens (tertiary/aromatic N) is 10. The molecule has 6 fully saturated rings. The molecule has 6 aliphatic rings. The van der Waals surface area contributed by atoms with Crippen molar-refractivity contribution in [2.45, 2.75) is 154 Å². The monoisotopic (exact) mass is 1080 g/mol. The van der Waals surface area contributed by atoms with E-state index in [2.05, 4.69) is 81.6 Å². The Morgan fingerprint density at radius 2 is 0.885 bits per heavy atom. The molecule has 0 amide bonds. The second kappa shape index (κ2) is 26.2. The maximum absolute atomic E-state index is 13.9. The van der Waals surface area contributed by atoms with Gasteiger partial charge in [0.15, 0.2) is 0 Å². The first-order valence-electron chi connectivity index (χ1n) is 29.1. The van der Waals surface area contributed by atoms with E-state index >= 15 is 0 Å². The van der Waals surface area contributed by atoms with E-state index in [-0.39, 0.29) is 63.9 Å². The molecule has 0 unspecified atom stereocenters. The van der Waals surface area contributed by atoms with E-state index < -0.39 is 11.8 Å². The Kier molecular flexibility index (Phi) is 19.3. The van der Waals surface area contributed by atoms with Gasteiger partial charge in [0, 0.05) is 139 Å². The second-order valence-corrected chi connectivity index (χ2v) is 22.9. The predicted octanol–water partition coefficient (Wildman–Crippen LogP) is 9.99. The highest BCUT2D eigenvalue weighted by Crippen LogP contribution is 2.37. The molecule has 6 aliphatic heterocycles. The van der Waals surface area contributed by atoms with Gasteiger partial charge in [-0.3, -0.25) is 0 Å². The number of hydrogen-bond acceptors (Lipinski definition) is 14. The Labute approximate surface area is 460 Å². The van der Waals surface area contributed by atoms with Crippen molar-refractivity contribution < 1.29 is 27.0 Å². The van der Waals surface area contributed by atoms with Gasteiger partial charge in [0.1, 0.15) is 23.1 Å². The summed E-state index contributed by atoms with van der Waals surface area (Å²) in [6, 6.07) is 9.52. The molecule has 6 saturated heterocycles. The zero-order valence-corrected chi connectivity index (χ0v) is 47.2.